The molecule has 0 spiro atoms. The number of ketones is 3. The van der Waals surface area contributed by atoms with E-state index in [9.17, 15) is 39.9 Å². The Morgan fingerprint density at radius 1 is 1.00 bits per heavy atom. The molecule has 7 unspecified atom stereocenters. The molecule has 39 heavy (non-hydrogen) atoms. The van der Waals surface area contributed by atoms with Gasteiger partial charge in [0, 0.05) is 29.2 Å². The number of methoxy groups -OCH3 is 1. The molecule has 0 saturated heterocycles. The van der Waals surface area contributed by atoms with Crippen LogP contribution in [0.4, 0.5) is 0 Å². The van der Waals surface area contributed by atoms with E-state index in [1.807, 2.05) is 6.92 Å². The lowest BCUT2D eigenvalue weighted by atomic mass is 9.71. The van der Waals surface area contributed by atoms with E-state index in [2.05, 4.69) is 0 Å². The normalized spacial score (nSPS) is 29.8. The molecule has 2 aromatic carbocycles. The maximum absolute atomic E-state index is 13.7. The average Bonchev–Trinajstić information content (AvgIpc) is 2.91. The topological polar surface area (TPSA) is 197 Å². The van der Waals surface area contributed by atoms with E-state index in [1.165, 1.54) is 25.3 Å². The number of hydrogen-bond acceptors (Lipinski definition) is 11. The summed E-state index contributed by atoms with van der Waals surface area (Å²) in [6.07, 6.45) is -3.31. The second-order valence-corrected chi connectivity index (χ2v) is 10.6. The first-order valence-electron chi connectivity index (χ1n) is 12.8. The van der Waals surface area contributed by atoms with Gasteiger partial charge in [-0.05, 0) is 24.8 Å². The van der Waals surface area contributed by atoms with Gasteiger partial charge in [-0.1, -0.05) is 19.1 Å². The van der Waals surface area contributed by atoms with Crippen LogP contribution in [-0.2, 0) is 9.53 Å². The van der Waals surface area contributed by atoms with Crippen molar-refractivity contribution in [2.45, 2.75) is 62.6 Å². The number of carbonyl (C=O) groups excluding carboxylic acids is 3. The first-order chi connectivity index (χ1) is 18.5. The average molecular weight is 542 g/mol. The molecule has 1 fully saturated rings. The lowest BCUT2D eigenvalue weighted by Crippen LogP contribution is -2.48. The van der Waals surface area contributed by atoms with Crippen molar-refractivity contribution in [2.24, 2.45) is 11.7 Å². The molecule has 0 bridgehead atoms. The van der Waals surface area contributed by atoms with Crippen LogP contribution in [-0.4, -0.2) is 81.0 Å². The van der Waals surface area contributed by atoms with Crippen molar-refractivity contribution >= 4 is 17.3 Å². The number of aliphatic hydroxyl groups excluding tert-OH is 3. The van der Waals surface area contributed by atoms with E-state index in [1.54, 1.807) is 0 Å². The van der Waals surface area contributed by atoms with Gasteiger partial charge >= 0.3 is 0 Å². The van der Waals surface area contributed by atoms with Crippen LogP contribution in [0.25, 0.3) is 0 Å². The number of carbonyl (C=O) groups is 3. The van der Waals surface area contributed by atoms with E-state index >= 15 is 0 Å². The summed E-state index contributed by atoms with van der Waals surface area (Å²) in [6, 6.07) is 3.80. The molecule has 0 aliphatic heterocycles. The van der Waals surface area contributed by atoms with Crippen LogP contribution < -0.4 is 10.5 Å². The molecular formula is C28H31NO10. The second-order valence-electron chi connectivity index (χ2n) is 10.6. The third-order valence-corrected chi connectivity index (χ3v) is 8.22. The zero-order valence-corrected chi connectivity index (χ0v) is 21.5. The lowest BCUT2D eigenvalue weighted by molar-refractivity contribution is -0.129. The zero-order valence-electron chi connectivity index (χ0n) is 21.5. The van der Waals surface area contributed by atoms with Crippen molar-refractivity contribution in [1.29, 1.82) is 0 Å². The maximum atomic E-state index is 13.7. The number of rotatable bonds is 5. The quantitative estimate of drug-likeness (QED) is 0.250. The minimum Gasteiger partial charge on any atom is -0.507 e. The third-order valence-electron chi connectivity index (χ3n) is 8.22. The summed E-state index contributed by atoms with van der Waals surface area (Å²) in [4.78, 5) is 40.0. The molecule has 11 nitrogen and oxygen atoms in total. The Bertz CT molecular complexity index is 1360. The Labute approximate surface area is 223 Å². The van der Waals surface area contributed by atoms with Gasteiger partial charge < -0.3 is 40.7 Å². The van der Waals surface area contributed by atoms with Crippen LogP contribution in [0, 0.1) is 5.92 Å². The third kappa shape index (κ3) is 4.12. The molecule has 5 rings (SSSR count). The summed E-state index contributed by atoms with van der Waals surface area (Å²) in [6.45, 7) is 0.845. The molecule has 11 heteroatoms. The van der Waals surface area contributed by atoms with Gasteiger partial charge in [0.25, 0.3) is 0 Å². The van der Waals surface area contributed by atoms with Gasteiger partial charge in [0.1, 0.15) is 23.9 Å². The summed E-state index contributed by atoms with van der Waals surface area (Å²) in [5.41, 5.74) is 4.60. The largest absolute Gasteiger partial charge is 0.507 e. The van der Waals surface area contributed by atoms with Gasteiger partial charge in [-0.15, -0.1) is 0 Å². The molecule has 7 N–H and O–H groups in total. The summed E-state index contributed by atoms with van der Waals surface area (Å²) in [5, 5.41) is 53.9. The number of hydrogen-bond donors (Lipinski definition) is 6. The van der Waals surface area contributed by atoms with Gasteiger partial charge in [-0.25, -0.2) is 0 Å². The van der Waals surface area contributed by atoms with Crippen molar-refractivity contribution in [3.05, 3.63) is 51.6 Å². The molecule has 2 aromatic rings. The van der Waals surface area contributed by atoms with E-state index in [-0.39, 0.29) is 46.8 Å². The fraction of sp³-hybridized carbons (Fsp3) is 0.464. The van der Waals surface area contributed by atoms with Crippen LogP contribution >= 0.6 is 0 Å². The van der Waals surface area contributed by atoms with E-state index < -0.39 is 83.0 Å². The van der Waals surface area contributed by atoms with Crippen molar-refractivity contribution in [3.63, 3.8) is 0 Å². The number of Topliss-reactive ketones (excluding diaryl/α,β-unsaturated/α-hetero) is 1. The highest BCUT2D eigenvalue weighted by molar-refractivity contribution is 6.31. The molecule has 0 aromatic heterocycles. The molecule has 3 aliphatic rings. The molecule has 7 atom stereocenters. The summed E-state index contributed by atoms with van der Waals surface area (Å²) in [7, 11) is 1.33. The van der Waals surface area contributed by atoms with E-state index in [4.69, 9.17) is 15.2 Å². The standard InChI is InChI=1S/C28H31NO10/c1-10-6-11(7-13(29)24(10)33)39-17-8-14(31)19(15(32)9-30)21-20(17)27(36)23-22(28(21)37)25(34)12-4-3-5-16(38-2)18(12)26(23)35/h3-5,10-11,13-14,17,19,24,30-31,33,36-37H,6-9,29H2,1-2H3. The van der Waals surface area contributed by atoms with Gasteiger partial charge in [-0.3, -0.25) is 14.4 Å². The number of phenolic OH excluding ortho intramolecular Hbond substituents is 2. The van der Waals surface area contributed by atoms with Gasteiger partial charge in [-0.2, -0.15) is 0 Å². The summed E-state index contributed by atoms with van der Waals surface area (Å²) in [5.74, 6) is -5.36. The first-order valence-corrected chi connectivity index (χ1v) is 12.8. The van der Waals surface area contributed by atoms with Crippen molar-refractivity contribution in [3.8, 4) is 17.2 Å². The minimum absolute atomic E-state index is 0.0561. The maximum Gasteiger partial charge on any atom is 0.202 e. The van der Waals surface area contributed by atoms with Crippen molar-refractivity contribution < 1.29 is 49.4 Å². The number of ether oxygens (including phenoxy) is 2. The Hall–Kier alpha value is -3.35. The highest BCUT2D eigenvalue weighted by Gasteiger charge is 2.48. The Kier molecular flexibility index (Phi) is 6.98. The van der Waals surface area contributed by atoms with Crippen LogP contribution in [0.3, 0.4) is 0 Å². The molecule has 208 valence electrons. The summed E-state index contributed by atoms with van der Waals surface area (Å²) >= 11 is 0. The van der Waals surface area contributed by atoms with E-state index in [0.717, 1.165) is 0 Å². The van der Waals surface area contributed by atoms with Crippen LogP contribution in [0.5, 0.6) is 17.2 Å². The number of nitrogens with two attached hydrogens (primary N) is 1. The second kappa shape index (κ2) is 10.00. The monoisotopic (exact) mass is 541 g/mol. The molecular weight excluding hydrogens is 510 g/mol. The van der Waals surface area contributed by atoms with Gasteiger partial charge in [0.15, 0.2) is 11.6 Å². The number of benzene rings is 2. The Morgan fingerprint density at radius 3 is 2.31 bits per heavy atom. The lowest BCUT2D eigenvalue weighted by Gasteiger charge is -2.41. The van der Waals surface area contributed by atoms with E-state index in [0.29, 0.717) is 6.42 Å². The fourth-order valence-electron chi connectivity index (χ4n) is 6.35. The Balaban J connectivity index is 1.71. The minimum atomic E-state index is -1.48. The number of aromatic hydroxyl groups is 2. The Morgan fingerprint density at radius 2 is 1.67 bits per heavy atom. The molecule has 3 aliphatic carbocycles. The predicted molar refractivity (Wildman–Crippen MR) is 135 cm³/mol. The SMILES string of the molecule is COc1cccc2c1C(=O)c1c(O)c3c(c(O)c1C2=O)C(C(=O)CO)C(O)CC3OC1CC(C)C(O)C(N)C1. The highest BCUT2D eigenvalue weighted by atomic mass is 16.5. The molecule has 0 radical (unpaired) electrons. The summed E-state index contributed by atoms with van der Waals surface area (Å²) < 4.78 is 11.5. The highest BCUT2D eigenvalue weighted by Crippen LogP contribution is 2.54. The number of fused-ring (bicyclic) bond motifs is 3. The van der Waals surface area contributed by atoms with Crippen LogP contribution in [0.1, 0.15) is 81.2 Å². The van der Waals surface area contributed by atoms with Crippen LogP contribution in [0.2, 0.25) is 0 Å². The number of aliphatic hydroxyl groups is 3. The smallest absolute Gasteiger partial charge is 0.202 e. The number of phenols is 2. The molecule has 0 heterocycles. The van der Waals surface area contributed by atoms with Gasteiger partial charge in [0.2, 0.25) is 5.78 Å². The van der Waals surface area contributed by atoms with Crippen LogP contribution in [0.15, 0.2) is 18.2 Å². The molecule has 0 amide bonds. The first kappa shape index (κ1) is 27.2. The predicted octanol–water partition coefficient (Wildman–Crippen LogP) is 0.836. The van der Waals surface area contributed by atoms with Crippen molar-refractivity contribution in [1.82, 2.24) is 0 Å². The fourth-order valence-corrected chi connectivity index (χ4v) is 6.35. The zero-order chi connectivity index (χ0) is 28.3. The molecule has 1 saturated carbocycles. The van der Waals surface area contributed by atoms with Crippen molar-refractivity contribution in [2.75, 3.05) is 13.7 Å². The van der Waals surface area contributed by atoms with Gasteiger partial charge in [0.05, 0.1) is 54.1 Å².